The number of piperidine rings is 1. The van der Waals surface area contributed by atoms with E-state index in [9.17, 15) is 0 Å². The lowest BCUT2D eigenvalue weighted by Gasteiger charge is -2.32. The van der Waals surface area contributed by atoms with Crippen molar-refractivity contribution in [2.24, 2.45) is 5.92 Å². The molecular formula is C18H25N5. The van der Waals surface area contributed by atoms with Gasteiger partial charge in [0, 0.05) is 13.1 Å². The third-order valence-electron chi connectivity index (χ3n) is 4.47. The summed E-state index contributed by atoms with van der Waals surface area (Å²) in [6.45, 7) is 6.41. The van der Waals surface area contributed by atoms with Crippen LogP contribution in [-0.2, 0) is 0 Å². The van der Waals surface area contributed by atoms with E-state index in [1.54, 1.807) is 6.33 Å². The molecule has 1 aliphatic rings. The van der Waals surface area contributed by atoms with E-state index < -0.39 is 0 Å². The summed E-state index contributed by atoms with van der Waals surface area (Å²) in [6, 6.07) is 10.4. The van der Waals surface area contributed by atoms with Gasteiger partial charge in [-0.15, -0.1) is 0 Å². The Morgan fingerprint density at radius 3 is 2.78 bits per heavy atom. The minimum Gasteiger partial charge on any atom is -0.393 e. The smallest absolute Gasteiger partial charge is 0.157 e. The van der Waals surface area contributed by atoms with E-state index in [1.807, 2.05) is 18.2 Å². The lowest BCUT2D eigenvalue weighted by Crippen LogP contribution is -2.35. The van der Waals surface area contributed by atoms with Gasteiger partial charge in [-0.1, -0.05) is 37.3 Å². The largest absolute Gasteiger partial charge is 0.393 e. The zero-order valence-corrected chi connectivity index (χ0v) is 13.9. The second-order valence-corrected chi connectivity index (χ2v) is 6.43. The molecule has 2 atom stereocenters. The van der Waals surface area contributed by atoms with Crippen LogP contribution in [0, 0.1) is 5.92 Å². The molecule has 1 fully saturated rings. The van der Waals surface area contributed by atoms with Crippen LogP contribution >= 0.6 is 0 Å². The summed E-state index contributed by atoms with van der Waals surface area (Å²) in [7, 11) is 0. The van der Waals surface area contributed by atoms with Crippen molar-refractivity contribution in [3.05, 3.63) is 42.2 Å². The number of benzene rings is 1. The van der Waals surface area contributed by atoms with Crippen LogP contribution in [0.25, 0.3) is 0 Å². The fourth-order valence-corrected chi connectivity index (χ4v) is 3.17. The number of nitrogens with two attached hydrogens (primary N) is 1. The first-order valence-corrected chi connectivity index (χ1v) is 8.32. The van der Waals surface area contributed by atoms with E-state index in [0.29, 0.717) is 17.4 Å². The number of nitrogens with zero attached hydrogens (tertiary/aromatic N) is 3. The maximum absolute atomic E-state index is 6.36. The summed E-state index contributed by atoms with van der Waals surface area (Å²) in [5.41, 5.74) is 8.21. The molecule has 1 aromatic heterocycles. The minimum atomic E-state index is 0.140. The van der Waals surface area contributed by atoms with Crippen LogP contribution in [0.1, 0.15) is 38.3 Å². The third-order valence-corrected chi connectivity index (χ3v) is 4.47. The summed E-state index contributed by atoms with van der Waals surface area (Å²) in [6.07, 6.45) is 4.07. The molecule has 1 aromatic carbocycles. The van der Waals surface area contributed by atoms with Crippen LogP contribution in [0.4, 0.5) is 17.3 Å². The number of hydrogen-bond donors (Lipinski definition) is 2. The average Bonchev–Trinajstić information content (AvgIpc) is 2.57. The van der Waals surface area contributed by atoms with Gasteiger partial charge in [-0.05, 0) is 31.2 Å². The number of nitrogens with one attached hydrogen (secondary N) is 1. The van der Waals surface area contributed by atoms with Gasteiger partial charge in [-0.3, -0.25) is 0 Å². The van der Waals surface area contributed by atoms with E-state index in [1.165, 1.54) is 18.4 Å². The standard InChI is InChI=1S/C18H25N5/c1-13-7-6-10-23(11-13)18-16(19)17(20-12-21-18)22-14(2)15-8-4-3-5-9-15/h3-5,8-9,12-14H,6-7,10-11,19H2,1-2H3,(H,20,21,22). The molecule has 23 heavy (non-hydrogen) atoms. The highest BCUT2D eigenvalue weighted by molar-refractivity contribution is 5.75. The van der Waals surface area contributed by atoms with Crippen LogP contribution in [0.15, 0.2) is 36.7 Å². The van der Waals surface area contributed by atoms with Crippen molar-refractivity contribution in [3.8, 4) is 0 Å². The Morgan fingerprint density at radius 2 is 2.04 bits per heavy atom. The molecule has 3 N–H and O–H groups in total. The normalized spacial score (nSPS) is 19.4. The molecule has 0 radical (unpaired) electrons. The molecule has 0 aliphatic carbocycles. The maximum Gasteiger partial charge on any atom is 0.157 e. The highest BCUT2D eigenvalue weighted by atomic mass is 15.2. The first-order chi connectivity index (χ1) is 11.1. The molecule has 0 bridgehead atoms. The SMILES string of the molecule is CC1CCCN(c2ncnc(NC(C)c3ccccc3)c2N)C1. The molecule has 0 amide bonds. The molecule has 3 rings (SSSR count). The van der Waals surface area contributed by atoms with E-state index in [4.69, 9.17) is 5.73 Å². The fourth-order valence-electron chi connectivity index (χ4n) is 3.17. The van der Waals surface area contributed by atoms with E-state index in [0.717, 1.165) is 18.9 Å². The van der Waals surface area contributed by atoms with Gasteiger partial charge in [0.15, 0.2) is 11.6 Å². The molecule has 5 heteroatoms. The molecule has 5 nitrogen and oxygen atoms in total. The van der Waals surface area contributed by atoms with Crippen molar-refractivity contribution in [2.45, 2.75) is 32.7 Å². The van der Waals surface area contributed by atoms with E-state index in [2.05, 4.69) is 46.2 Å². The van der Waals surface area contributed by atoms with Crippen LogP contribution in [0.2, 0.25) is 0 Å². The van der Waals surface area contributed by atoms with Gasteiger partial charge in [-0.2, -0.15) is 0 Å². The Balaban J connectivity index is 1.79. The van der Waals surface area contributed by atoms with Crippen molar-refractivity contribution in [1.29, 1.82) is 0 Å². The van der Waals surface area contributed by atoms with Gasteiger partial charge >= 0.3 is 0 Å². The zero-order chi connectivity index (χ0) is 16.2. The topological polar surface area (TPSA) is 67.1 Å². The first-order valence-electron chi connectivity index (χ1n) is 8.32. The van der Waals surface area contributed by atoms with Crippen molar-refractivity contribution in [2.75, 3.05) is 29.0 Å². The Kier molecular flexibility index (Phi) is 4.65. The van der Waals surface area contributed by atoms with E-state index in [-0.39, 0.29) is 6.04 Å². The summed E-state index contributed by atoms with van der Waals surface area (Å²) in [5.74, 6) is 2.25. The summed E-state index contributed by atoms with van der Waals surface area (Å²) >= 11 is 0. The lowest BCUT2D eigenvalue weighted by atomic mass is 10.0. The molecule has 2 aromatic rings. The van der Waals surface area contributed by atoms with Gasteiger partial charge in [0.25, 0.3) is 0 Å². The van der Waals surface area contributed by atoms with Crippen LogP contribution < -0.4 is 16.0 Å². The molecule has 2 unspecified atom stereocenters. The van der Waals surface area contributed by atoms with Crippen molar-refractivity contribution in [3.63, 3.8) is 0 Å². The molecule has 0 spiro atoms. The molecule has 0 saturated carbocycles. The molecule has 2 heterocycles. The predicted octanol–water partition coefficient (Wildman–Crippen LogP) is 3.47. The lowest BCUT2D eigenvalue weighted by molar-refractivity contribution is 0.445. The summed E-state index contributed by atoms with van der Waals surface area (Å²) < 4.78 is 0. The van der Waals surface area contributed by atoms with Crippen molar-refractivity contribution in [1.82, 2.24) is 9.97 Å². The van der Waals surface area contributed by atoms with Gasteiger partial charge in [0.1, 0.15) is 12.0 Å². The average molecular weight is 311 g/mol. The number of anilines is 3. The quantitative estimate of drug-likeness (QED) is 0.905. The Bertz CT molecular complexity index is 643. The molecular weight excluding hydrogens is 286 g/mol. The maximum atomic E-state index is 6.36. The van der Waals surface area contributed by atoms with Crippen LogP contribution in [0.3, 0.4) is 0 Å². The fraction of sp³-hybridized carbons (Fsp3) is 0.444. The van der Waals surface area contributed by atoms with Gasteiger partial charge in [-0.25, -0.2) is 9.97 Å². The number of rotatable bonds is 4. The summed E-state index contributed by atoms with van der Waals surface area (Å²) in [4.78, 5) is 11.1. The monoisotopic (exact) mass is 311 g/mol. The highest BCUT2D eigenvalue weighted by Crippen LogP contribution is 2.31. The number of aromatic nitrogens is 2. The Labute approximate surface area is 137 Å². The van der Waals surface area contributed by atoms with Crippen LogP contribution in [0.5, 0.6) is 0 Å². The Hall–Kier alpha value is -2.30. The number of hydrogen-bond acceptors (Lipinski definition) is 5. The second kappa shape index (κ2) is 6.86. The van der Waals surface area contributed by atoms with Crippen LogP contribution in [-0.4, -0.2) is 23.1 Å². The third kappa shape index (κ3) is 3.55. The zero-order valence-electron chi connectivity index (χ0n) is 13.9. The molecule has 1 aliphatic heterocycles. The first kappa shape index (κ1) is 15.6. The summed E-state index contributed by atoms with van der Waals surface area (Å²) in [5, 5.41) is 3.41. The Morgan fingerprint density at radius 1 is 1.26 bits per heavy atom. The van der Waals surface area contributed by atoms with Gasteiger partial charge < -0.3 is 16.0 Å². The second-order valence-electron chi connectivity index (χ2n) is 6.43. The molecule has 122 valence electrons. The van der Waals surface area contributed by atoms with Crippen molar-refractivity contribution >= 4 is 17.3 Å². The minimum absolute atomic E-state index is 0.140. The van der Waals surface area contributed by atoms with Crippen molar-refractivity contribution < 1.29 is 0 Å². The highest BCUT2D eigenvalue weighted by Gasteiger charge is 2.21. The number of nitrogen functional groups attached to an aromatic ring is 1. The van der Waals surface area contributed by atoms with Gasteiger partial charge in [0.05, 0.1) is 6.04 Å². The molecule has 1 saturated heterocycles. The predicted molar refractivity (Wildman–Crippen MR) is 95.5 cm³/mol. The van der Waals surface area contributed by atoms with E-state index >= 15 is 0 Å². The van der Waals surface area contributed by atoms with Gasteiger partial charge in [0.2, 0.25) is 0 Å².